The van der Waals surface area contributed by atoms with Gasteiger partial charge in [0.2, 0.25) is 0 Å². The molecule has 3 nitrogen and oxygen atoms in total. The molecule has 5 heteroatoms. The fraction of sp³-hybridized carbons (Fsp3) is 0.545. The molecule has 1 aromatic heterocycles. The maximum Gasteiger partial charge on any atom is 0.270 e. The minimum Gasteiger partial charge on any atom is -0.345 e. The van der Waals surface area contributed by atoms with Crippen molar-refractivity contribution < 1.29 is 4.79 Å². The molecule has 0 saturated heterocycles. The van der Waals surface area contributed by atoms with E-state index < -0.39 is 0 Å². The van der Waals surface area contributed by atoms with Crippen molar-refractivity contribution in [3.05, 3.63) is 22.4 Å². The van der Waals surface area contributed by atoms with E-state index in [1.807, 2.05) is 37.2 Å². The molecule has 0 N–H and O–H groups in total. The third-order valence-corrected chi connectivity index (χ3v) is 3.83. The highest BCUT2D eigenvalue weighted by molar-refractivity contribution is 9.10. The van der Waals surface area contributed by atoms with Crippen LogP contribution in [0.2, 0.25) is 0 Å². The Labute approximate surface area is 109 Å². The molecular weight excluding hydrogens is 288 g/mol. The third-order valence-electron chi connectivity index (χ3n) is 2.58. The predicted molar refractivity (Wildman–Crippen MR) is 73.1 cm³/mol. The van der Waals surface area contributed by atoms with E-state index in [9.17, 15) is 4.79 Å². The summed E-state index contributed by atoms with van der Waals surface area (Å²) in [5, 5.41) is 0. The number of halogens is 1. The second-order valence-corrected chi connectivity index (χ2v) is 5.70. The quantitative estimate of drug-likeness (QED) is 0.854. The van der Waals surface area contributed by atoms with Gasteiger partial charge in [0.15, 0.2) is 0 Å². The van der Waals surface area contributed by atoms with Crippen molar-refractivity contribution in [2.45, 2.75) is 13.0 Å². The summed E-state index contributed by atoms with van der Waals surface area (Å²) in [4.78, 5) is 14.0. The standard InChI is InChI=1S/C11H17BrN2OS/c1-8(7-16-4)14(3)11(15)10-5-9(12)6-13(10)2/h5-6,8H,7H2,1-4H3. The summed E-state index contributed by atoms with van der Waals surface area (Å²) in [6.07, 6.45) is 3.94. The molecule has 0 saturated carbocycles. The fourth-order valence-corrected chi connectivity index (χ4v) is 2.70. The molecular formula is C11H17BrN2OS. The lowest BCUT2D eigenvalue weighted by atomic mass is 10.3. The van der Waals surface area contributed by atoms with Crippen LogP contribution < -0.4 is 0 Å². The van der Waals surface area contributed by atoms with Crippen molar-refractivity contribution in [3.63, 3.8) is 0 Å². The van der Waals surface area contributed by atoms with Gasteiger partial charge in [-0.1, -0.05) is 0 Å². The molecule has 0 aliphatic heterocycles. The topological polar surface area (TPSA) is 25.2 Å². The lowest BCUT2D eigenvalue weighted by Gasteiger charge is -2.24. The summed E-state index contributed by atoms with van der Waals surface area (Å²) in [6.45, 7) is 2.06. The number of aromatic nitrogens is 1. The molecule has 0 fully saturated rings. The second kappa shape index (κ2) is 5.77. The molecule has 1 amide bonds. The zero-order chi connectivity index (χ0) is 12.3. The van der Waals surface area contributed by atoms with Crippen LogP contribution in [0.25, 0.3) is 0 Å². The number of thioether (sulfide) groups is 1. The predicted octanol–water partition coefficient (Wildman–Crippen LogP) is 2.61. The average Bonchev–Trinajstić information content (AvgIpc) is 2.56. The Balaban J connectivity index is 2.81. The Hall–Kier alpha value is -0.420. The number of hydrogen-bond donors (Lipinski definition) is 0. The zero-order valence-electron chi connectivity index (χ0n) is 10.0. The van der Waals surface area contributed by atoms with Crippen molar-refractivity contribution in [2.75, 3.05) is 19.1 Å². The molecule has 0 aliphatic carbocycles. The largest absolute Gasteiger partial charge is 0.345 e. The van der Waals surface area contributed by atoms with Crippen LogP contribution >= 0.6 is 27.7 Å². The van der Waals surface area contributed by atoms with Gasteiger partial charge in [-0.3, -0.25) is 4.79 Å². The highest BCUT2D eigenvalue weighted by Crippen LogP contribution is 2.16. The van der Waals surface area contributed by atoms with E-state index >= 15 is 0 Å². The number of nitrogens with zero attached hydrogens (tertiary/aromatic N) is 2. The molecule has 0 aliphatic rings. The van der Waals surface area contributed by atoms with Crippen LogP contribution in [0.15, 0.2) is 16.7 Å². The number of rotatable bonds is 4. The van der Waals surface area contributed by atoms with E-state index in [4.69, 9.17) is 0 Å². The van der Waals surface area contributed by atoms with Crippen LogP contribution in [0.1, 0.15) is 17.4 Å². The highest BCUT2D eigenvalue weighted by Gasteiger charge is 2.19. The Morgan fingerprint density at radius 3 is 2.75 bits per heavy atom. The molecule has 1 aromatic rings. The van der Waals surface area contributed by atoms with Crippen LogP contribution in [-0.4, -0.2) is 40.5 Å². The van der Waals surface area contributed by atoms with Gasteiger partial charge in [-0.2, -0.15) is 11.8 Å². The Kier molecular flexibility index (Phi) is 4.92. The second-order valence-electron chi connectivity index (χ2n) is 3.87. The summed E-state index contributed by atoms with van der Waals surface area (Å²) in [7, 11) is 3.73. The molecule has 0 spiro atoms. The first-order valence-electron chi connectivity index (χ1n) is 5.05. The van der Waals surface area contributed by atoms with Gasteiger partial charge < -0.3 is 9.47 Å². The van der Waals surface area contributed by atoms with Gasteiger partial charge in [-0.15, -0.1) is 0 Å². The fourth-order valence-electron chi connectivity index (χ4n) is 1.47. The van der Waals surface area contributed by atoms with Gasteiger partial charge in [-0.05, 0) is 35.2 Å². The third kappa shape index (κ3) is 3.04. The maximum atomic E-state index is 12.2. The molecule has 16 heavy (non-hydrogen) atoms. The molecule has 1 rings (SSSR count). The van der Waals surface area contributed by atoms with Crippen LogP contribution in [0, 0.1) is 0 Å². The minimum atomic E-state index is 0.0646. The van der Waals surface area contributed by atoms with Gasteiger partial charge in [0.1, 0.15) is 5.69 Å². The van der Waals surface area contributed by atoms with E-state index in [2.05, 4.69) is 22.9 Å². The zero-order valence-corrected chi connectivity index (χ0v) is 12.4. The number of amides is 1. The molecule has 0 aromatic carbocycles. The summed E-state index contributed by atoms with van der Waals surface area (Å²) < 4.78 is 2.78. The van der Waals surface area contributed by atoms with Crippen molar-refractivity contribution in [1.82, 2.24) is 9.47 Å². The van der Waals surface area contributed by atoms with Gasteiger partial charge in [0, 0.05) is 36.6 Å². The summed E-state index contributed by atoms with van der Waals surface area (Å²) in [5.74, 6) is 1.02. The number of hydrogen-bond acceptors (Lipinski definition) is 2. The first kappa shape index (κ1) is 13.6. The van der Waals surface area contributed by atoms with E-state index in [0.29, 0.717) is 5.69 Å². The smallest absolute Gasteiger partial charge is 0.270 e. The SMILES string of the molecule is CSCC(C)N(C)C(=O)c1cc(Br)cn1C. The van der Waals surface area contributed by atoms with Crippen LogP contribution in [0.5, 0.6) is 0 Å². The van der Waals surface area contributed by atoms with Gasteiger partial charge in [0.25, 0.3) is 5.91 Å². The molecule has 1 atom stereocenters. The van der Waals surface area contributed by atoms with Gasteiger partial charge in [-0.25, -0.2) is 0 Å². The van der Waals surface area contributed by atoms with Crippen molar-refractivity contribution in [3.8, 4) is 0 Å². The minimum absolute atomic E-state index is 0.0646. The molecule has 0 radical (unpaired) electrons. The molecule has 1 unspecified atom stereocenters. The number of aryl methyl sites for hydroxylation is 1. The van der Waals surface area contributed by atoms with E-state index in [0.717, 1.165) is 10.2 Å². The lowest BCUT2D eigenvalue weighted by Crippen LogP contribution is -2.37. The normalized spacial score (nSPS) is 12.6. The van der Waals surface area contributed by atoms with E-state index in [-0.39, 0.29) is 11.9 Å². The Morgan fingerprint density at radius 2 is 2.31 bits per heavy atom. The van der Waals surface area contributed by atoms with Crippen molar-refractivity contribution in [1.29, 1.82) is 0 Å². The van der Waals surface area contributed by atoms with Crippen LogP contribution in [0.4, 0.5) is 0 Å². The first-order chi connectivity index (χ1) is 7.47. The average molecular weight is 305 g/mol. The monoisotopic (exact) mass is 304 g/mol. The van der Waals surface area contributed by atoms with Crippen LogP contribution in [0.3, 0.4) is 0 Å². The molecule has 1 heterocycles. The number of carbonyl (C=O) groups excluding carboxylic acids is 1. The Bertz CT molecular complexity index is 378. The van der Waals surface area contributed by atoms with Gasteiger partial charge >= 0.3 is 0 Å². The first-order valence-corrected chi connectivity index (χ1v) is 7.24. The summed E-state index contributed by atoms with van der Waals surface area (Å²) in [6, 6.07) is 2.10. The summed E-state index contributed by atoms with van der Waals surface area (Å²) >= 11 is 5.12. The van der Waals surface area contributed by atoms with Crippen molar-refractivity contribution >= 4 is 33.6 Å². The maximum absolute atomic E-state index is 12.2. The summed E-state index contributed by atoms with van der Waals surface area (Å²) in [5.41, 5.74) is 0.710. The van der Waals surface area contributed by atoms with E-state index in [1.165, 1.54) is 0 Å². The van der Waals surface area contributed by atoms with E-state index in [1.54, 1.807) is 16.7 Å². The van der Waals surface area contributed by atoms with Gasteiger partial charge in [0.05, 0.1) is 0 Å². The Morgan fingerprint density at radius 1 is 1.69 bits per heavy atom. The molecule has 0 bridgehead atoms. The lowest BCUT2D eigenvalue weighted by molar-refractivity contribution is 0.0748. The highest BCUT2D eigenvalue weighted by atomic mass is 79.9. The van der Waals surface area contributed by atoms with Crippen molar-refractivity contribution in [2.24, 2.45) is 7.05 Å². The van der Waals surface area contributed by atoms with Crippen LogP contribution in [-0.2, 0) is 7.05 Å². The number of carbonyl (C=O) groups is 1. The molecule has 90 valence electrons.